The fraction of sp³-hybridized carbons (Fsp3) is 0.545. The Bertz CT molecular complexity index is 434. The number of sulfonamides is 1. The Morgan fingerprint density at radius 2 is 2.18 bits per heavy atom. The van der Waals surface area contributed by atoms with E-state index in [1.54, 1.807) is 6.07 Å². The number of halogens is 1. The van der Waals surface area contributed by atoms with Gasteiger partial charge in [0.2, 0.25) is 10.0 Å². The summed E-state index contributed by atoms with van der Waals surface area (Å²) in [5, 5.41) is 0. The molecule has 0 saturated heterocycles. The van der Waals surface area contributed by atoms with Crippen LogP contribution in [0, 0.1) is 5.92 Å². The number of nitrogens with one attached hydrogen (secondary N) is 1. The fourth-order valence-corrected chi connectivity index (χ4v) is 3.01. The van der Waals surface area contributed by atoms with Gasteiger partial charge in [-0.2, -0.15) is 0 Å². The normalized spacial score (nSPS) is 13.9. The Morgan fingerprint density at radius 3 is 2.65 bits per heavy atom. The molecule has 0 fully saturated rings. The second kappa shape index (κ2) is 6.33. The SMILES string of the molecule is CC(C)CC(CCl)NS(=O)(=O)c1cccnc1. The van der Waals surface area contributed by atoms with E-state index in [4.69, 9.17) is 11.6 Å². The van der Waals surface area contributed by atoms with Gasteiger partial charge in [0.25, 0.3) is 0 Å². The van der Waals surface area contributed by atoms with Crippen LogP contribution in [0.5, 0.6) is 0 Å². The summed E-state index contributed by atoms with van der Waals surface area (Å²) >= 11 is 5.76. The zero-order chi connectivity index (χ0) is 12.9. The third kappa shape index (κ3) is 4.61. The number of nitrogens with zero attached hydrogens (tertiary/aromatic N) is 1. The van der Waals surface area contributed by atoms with E-state index in [0.29, 0.717) is 12.3 Å². The van der Waals surface area contributed by atoms with Crippen molar-refractivity contribution in [2.24, 2.45) is 5.92 Å². The average molecular weight is 277 g/mol. The zero-order valence-corrected chi connectivity index (χ0v) is 11.5. The van der Waals surface area contributed by atoms with Crippen molar-refractivity contribution in [1.82, 2.24) is 9.71 Å². The largest absolute Gasteiger partial charge is 0.263 e. The van der Waals surface area contributed by atoms with Gasteiger partial charge in [-0.1, -0.05) is 13.8 Å². The van der Waals surface area contributed by atoms with Gasteiger partial charge in [-0.05, 0) is 24.5 Å². The van der Waals surface area contributed by atoms with Gasteiger partial charge >= 0.3 is 0 Å². The van der Waals surface area contributed by atoms with Gasteiger partial charge in [-0.15, -0.1) is 11.6 Å². The number of rotatable bonds is 6. The molecular weight excluding hydrogens is 260 g/mol. The third-order valence-electron chi connectivity index (χ3n) is 2.21. The summed E-state index contributed by atoms with van der Waals surface area (Å²) in [6.45, 7) is 4.05. The lowest BCUT2D eigenvalue weighted by Gasteiger charge is -2.17. The van der Waals surface area contributed by atoms with Crippen LogP contribution in [0.15, 0.2) is 29.4 Å². The molecule has 1 rings (SSSR count). The van der Waals surface area contributed by atoms with Crippen molar-refractivity contribution in [3.8, 4) is 0 Å². The lowest BCUT2D eigenvalue weighted by atomic mass is 10.1. The lowest BCUT2D eigenvalue weighted by molar-refractivity contribution is 0.485. The highest BCUT2D eigenvalue weighted by atomic mass is 35.5. The van der Waals surface area contributed by atoms with Crippen molar-refractivity contribution in [2.75, 3.05) is 5.88 Å². The molecule has 0 aliphatic heterocycles. The van der Waals surface area contributed by atoms with E-state index in [0.717, 1.165) is 0 Å². The Kier molecular flexibility index (Phi) is 5.36. The van der Waals surface area contributed by atoms with Crippen LogP contribution in [0.3, 0.4) is 0 Å². The molecule has 96 valence electrons. The molecule has 17 heavy (non-hydrogen) atoms. The minimum Gasteiger partial charge on any atom is -0.263 e. The van der Waals surface area contributed by atoms with Gasteiger partial charge in [-0.25, -0.2) is 13.1 Å². The first-order valence-corrected chi connectivity index (χ1v) is 7.46. The summed E-state index contributed by atoms with van der Waals surface area (Å²) < 4.78 is 26.5. The van der Waals surface area contributed by atoms with Crippen LogP contribution in [-0.2, 0) is 10.0 Å². The fourth-order valence-electron chi connectivity index (χ4n) is 1.51. The van der Waals surface area contributed by atoms with E-state index in [-0.39, 0.29) is 16.8 Å². The minimum absolute atomic E-state index is 0.166. The lowest BCUT2D eigenvalue weighted by Crippen LogP contribution is -2.37. The molecule has 0 aliphatic rings. The standard InChI is InChI=1S/C11H17ClN2O2S/c1-9(2)6-10(7-12)14-17(15,16)11-4-3-5-13-8-11/h3-5,8-10,14H,6-7H2,1-2H3. The molecule has 0 spiro atoms. The van der Waals surface area contributed by atoms with Crippen molar-refractivity contribution >= 4 is 21.6 Å². The summed E-state index contributed by atoms with van der Waals surface area (Å²) in [7, 11) is -3.51. The zero-order valence-electron chi connectivity index (χ0n) is 9.93. The highest BCUT2D eigenvalue weighted by Gasteiger charge is 2.20. The molecule has 0 amide bonds. The maximum absolute atomic E-state index is 12.0. The molecule has 4 nitrogen and oxygen atoms in total. The molecule has 1 aromatic heterocycles. The van der Waals surface area contributed by atoms with Gasteiger partial charge in [0.15, 0.2) is 0 Å². The highest BCUT2D eigenvalue weighted by Crippen LogP contribution is 2.11. The van der Waals surface area contributed by atoms with Gasteiger partial charge < -0.3 is 0 Å². The van der Waals surface area contributed by atoms with E-state index in [1.807, 2.05) is 13.8 Å². The van der Waals surface area contributed by atoms with Crippen LogP contribution < -0.4 is 4.72 Å². The van der Waals surface area contributed by atoms with Crippen LogP contribution in [-0.4, -0.2) is 25.3 Å². The van der Waals surface area contributed by atoms with E-state index in [9.17, 15) is 8.42 Å². The second-order valence-electron chi connectivity index (χ2n) is 4.29. The number of pyridine rings is 1. The molecule has 1 unspecified atom stereocenters. The van der Waals surface area contributed by atoms with Crippen LogP contribution in [0.4, 0.5) is 0 Å². The van der Waals surface area contributed by atoms with Crippen molar-refractivity contribution in [3.05, 3.63) is 24.5 Å². The number of hydrogen-bond acceptors (Lipinski definition) is 3. The number of hydrogen-bond donors (Lipinski definition) is 1. The van der Waals surface area contributed by atoms with Crippen LogP contribution in [0.1, 0.15) is 20.3 Å². The van der Waals surface area contributed by atoms with Gasteiger partial charge in [0, 0.05) is 24.3 Å². The van der Waals surface area contributed by atoms with Crippen molar-refractivity contribution < 1.29 is 8.42 Å². The summed E-state index contributed by atoms with van der Waals surface area (Å²) in [5.74, 6) is 0.646. The van der Waals surface area contributed by atoms with Crippen molar-refractivity contribution in [3.63, 3.8) is 0 Å². The Hall–Kier alpha value is -0.650. The first-order valence-electron chi connectivity index (χ1n) is 5.44. The van der Waals surface area contributed by atoms with Crippen molar-refractivity contribution in [1.29, 1.82) is 0 Å². The number of alkyl halides is 1. The van der Waals surface area contributed by atoms with Crippen LogP contribution in [0.25, 0.3) is 0 Å². The molecule has 1 N–H and O–H groups in total. The van der Waals surface area contributed by atoms with Gasteiger partial charge in [0.05, 0.1) is 0 Å². The molecule has 0 aliphatic carbocycles. The highest BCUT2D eigenvalue weighted by molar-refractivity contribution is 7.89. The molecular formula is C11H17ClN2O2S. The van der Waals surface area contributed by atoms with E-state index in [1.165, 1.54) is 18.5 Å². The Morgan fingerprint density at radius 1 is 1.47 bits per heavy atom. The first kappa shape index (κ1) is 14.4. The predicted octanol–water partition coefficient (Wildman–Crippen LogP) is 2.01. The van der Waals surface area contributed by atoms with Crippen molar-refractivity contribution in [2.45, 2.75) is 31.2 Å². The summed E-state index contributed by atoms with van der Waals surface area (Å²) in [6.07, 6.45) is 3.57. The molecule has 0 radical (unpaired) electrons. The maximum atomic E-state index is 12.0. The molecule has 0 saturated carbocycles. The molecule has 0 aromatic carbocycles. The molecule has 1 atom stereocenters. The van der Waals surface area contributed by atoms with E-state index in [2.05, 4.69) is 9.71 Å². The first-order chi connectivity index (χ1) is 7.95. The molecule has 1 heterocycles. The minimum atomic E-state index is -3.51. The van der Waals surface area contributed by atoms with E-state index < -0.39 is 10.0 Å². The third-order valence-corrected chi connectivity index (χ3v) is 4.09. The second-order valence-corrected chi connectivity index (χ2v) is 6.31. The Balaban J connectivity index is 2.79. The van der Waals surface area contributed by atoms with Crippen LogP contribution >= 0.6 is 11.6 Å². The monoisotopic (exact) mass is 276 g/mol. The summed E-state index contributed by atoms with van der Waals surface area (Å²) in [5.41, 5.74) is 0. The Labute approximate surface area is 107 Å². The molecule has 1 aromatic rings. The smallest absolute Gasteiger partial charge is 0.242 e. The average Bonchev–Trinajstić information content (AvgIpc) is 2.28. The van der Waals surface area contributed by atoms with Crippen LogP contribution in [0.2, 0.25) is 0 Å². The molecule has 0 bridgehead atoms. The quantitative estimate of drug-likeness (QED) is 0.809. The predicted molar refractivity (Wildman–Crippen MR) is 68.5 cm³/mol. The van der Waals surface area contributed by atoms with Gasteiger partial charge in [-0.3, -0.25) is 4.98 Å². The maximum Gasteiger partial charge on any atom is 0.242 e. The number of aromatic nitrogens is 1. The summed E-state index contributed by atoms with van der Waals surface area (Å²) in [4.78, 5) is 3.96. The molecule has 6 heteroatoms. The van der Waals surface area contributed by atoms with Gasteiger partial charge in [0.1, 0.15) is 4.90 Å². The van der Waals surface area contributed by atoms with E-state index >= 15 is 0 Å². The summed E-state index contributed by atoms with van der Waals surface area (Å²) in [6, 6.07) is 2.85. The topological polar surface area (TPSA) is 59.1 Å².